The number of hydrogen-bond donors (Lipinski definition) is 1. The van der Waals surface area contributed by atoms with Gasteiger partial charge in [-0.3, -0.25) is 4.79 Å². The van der Waals surface area contributed by atoms with Gasteiger partial charge in [0.1, 0.15) is 6.61 Å². The Balaban J connectivity index is 1.74. The third kappa shape index (κ3) is 3.47. The van der Waals surface area contributed by atoms with Gasteiger partial charge < -0.3 is 14.8 Å². The second-order valence-electron chi connectivity index (χ2n) is 4.52. The number of esters is 1. The number of hydrogen-bond acceptors (Lipinski definition) is 4. The van der Waals surface area contributed by atoms with Crippen molar-refractivity contribution in [3.63, 3.8) is 0 Å². The molecule has 2 rings (SSSR count). The topological polar surface area (TPSA) is 64.6 Å². The van der Waals surface area contributed by atoms with Gasteiger partial charge in [-0.05, 0) is 18.4 Å². The van der Waals surface area contributed by atoms with Gasteiger partial charge in [0.15, 0.2) is 0 Å². The first-order valence-electron chi connectivity index (χ1n) is 6.25. The molecule has 0 unspecified atom stereocenters. The van der Waals surface area contributed by atoms with E-state index in [1.54, 1.807) is 0 Å². The van der Waals surface area contributed by atoms with Crippen LogP contribution in [-0.2, 0) is 20.9 Å². The van der Waals surface area contributed by atoms with Crippen molar-refractivity contribution >= 4 is 12.1 Å². The Hall–Kier alpha value is -2.04. The molecule has 0 aliphatic heterocycles. The van der Waals surface area contributed by atoms with Crippen molar-refractivity contribution in [3.05, 3.63) is 35.9 Å². The number of carbonyl (C=O) groups excluding carboxylic acids is 2. The summed E-state index contributed by atoms with van der Waals surface area (Å²) in [4.78, 5) is 22.9. The molecule has 1 saturated carbocycles. The van der Waals surface area contributed by atoms with Crippen molar-refractivity contribution in [2.75, 3.05) is 7.11 Å². The lowest BCUT2D eigenvalue weighted by Crippen LogP contribution is -2.50. The molecule has 1 aliphatic rings. The van der Waals surface area contributed by atoms with Crippen molar-refractivity contribution in [1.29, 1.82) is 0 Å². The molecule has 19 heavy (non-hydrogen) atoms. The van der Waals surface area contributed by atoms with Crippen molar-refractivity contribution < 1.29 is 19.1 Å². The Bertz CT molecular complexity index is 446. The Morgan fingerprint density at radius 2 is 2.00 bits per heavy atom. The number of amides is 1. The average molecular weight is 263 g/mol. The Kier molecular flexibility index (Phi) is 4.39. The maximum atomic E-state index is 11.6. The summed E-state index contributed by atoms with van der Waals surface area (Å²) >= 11 is 0. The van der Waals surface area contributed by atoms with Crippen molar-refractivity contribution in [2.24, 2.45) is 5.92 Å². The smallest absolute Gasteiger partial charge is 0.407 e. The molecule has 0 saturated heterocycles. The van der Waals surface area contributed by atoms with Gasteiger partial charge in [-0.2, -0.15) is 0 Å². The third-order valence-electron chi connectivity index (χ3n) is 3.29. The molecular formula is C14H17NO4. The van der Waals surface area contributed by atoms with E-state index in [4.69, 9.17) is 4.74 Å². The van der Waals surface area contributed by atoms with Crippen LogP contribution in [0.25, 0.3) is 0 Å². The van der Waals surface area contributed by atoms with Crippen LogP contribution in [0.5, 0.6) is 0 Å². The van der Waals surface area contributed by atoms with E-state index in [1.165, 1.54) is 7.11 Å². The first kappa shape index (κ1) is 13.4. The van der Waals surface area contributed by atoms with Gasteiger partial charge in [0.25, 0.3) is 0 Å². The maximum absolute atomic E-state index is 11.6. The molecule has 0 aromatic heterocycles. The number of ether oxygens (including phenoxy) is 2. The lowest BCUT2D eigenvalue weighted by molar-refractivity contribution is -0.149. The van der Waals surface area contributed by atoms with E-state index in [0.717, 1.165) is 18.4 Å². The first-order valence-corrected chi connectivity index (χ1v) is 6.25. The standard InChI is InChI=1S/C14H17NO4/c1-18-13(16)11-7-8-12(11)15-14(17)19-9-10-5-3-2-4-6-10/h2-6,11-12H,7-9H2,1H3,(H,15,17)/t11-,12+/m0/s1. The average Bonchev–Trinajstić information content (AvgIpc) is 2.42. The van der Waals surface area contributed by atoms with E-state index in [9.17, 15) is 9.59 Å². The molecule has 0 spiro atoms. The zero-order chi connectivity index (χ0) is 13.7. The molecule has 5 nitrogen and oxygen atoms in total. The Morgan fingerprint density at radius 3 is 2.58 bits per heavy atom. The minimum Gasteiger partial charge on any atom is -0.469 e. The zero-order valence-corrected chi connectivity index (χ0v) is 10.8. The van der Waals surface area contributed by atoms with Gasteiger partial charge in [-0.1, -0.05) is 30.3 Å². The predicted molar refractivity (Wildman–Crippen MR) is 68.3 cm³/mol. The van der Waals surface area contributed by atoms with Crippen LogP contribution in [0.1, 0.15) is 18.4 Å². The molecule has 102 valence electrons. The van der Waals surface area contributed by atoms with Gasteiger partial charge in [-0.15, -0.1) is 0 Å². The van der Waals surface area contributed by atoms with E-state index in [2.05, 4.69) is 10.1 Å². The molecule has 2 atom stereocenters. The van der Waals surface area contributed by atoms with Crippen LogP contribution >= 0.6 is 0 Å². The molecule has 1 aromatic carbocycles. The van der Waals surface area contributed by atoms with Crippen molar-refractivity contribution in [2.45, 2.75) is 25.5 Å². The summed E-state index contributed by atoms with van der Waals surface area (Å²) in [5, 5.41) is 2.69. The van der Waals surface area contributed by atoms with Crippen LogP contribution in [0.2, 0.25) is 0 Å². The second-order valence-corrected chi connectivity index (χ2v) is 4.52. The molecule has 0 bridgehead atoms. The van der Waals surface area contributed by atoms with Crippen LogP contribution in [0.3, 0.4) is 0 Å². The molecule has 0 radical (unpaired) electrons. The fourth-order valence-electron chi connectivity index (χ4n) is 2.02. The minimum atomic E-state index is -0.498. The van der Waals surface area contributed by atoms with Gasteiger partial charge >= 0.3 is 12.1 Å². The quantitative estimate of drug-likeness (QED) is 0.842. The number of rotatable bonds is 4. The summed E-state index contributed by atoms with van der Waals surface area (Å²) in [6.45, 7) is 0.224. The van der Waals surface area contributed by atoms with E-state index in [0.29, 0.717) is 0 Å². The SMILES string of the molecule is COC(=O)[C@H]1CC[C@H]1NC(=O)OCc1ccccc1. The number of nitrogens with one attached hydrogen (secondary N) is 1. The summed E-state index contributed by atoms with van der Waals surface area (Å²) in [6, 6.07) is 9.27. The number of alkyl carbamates (subject to hydrolysis) is 1. The third-order valence-corrected chi connectivity index (χ3v) is 3.29. The van der Waals surface area contributed by atoms with Gasteiger partial charge in [0.2, 0.25) is 0 Å². The molecule has 1 amide bonds. The monoisotopic (exact) mass is 263 g/mol. The van der Waals surface area contributed by atoms with Crippen LogP contribution in [0.4, 0.5) is 4.79 Å². The normalized spacial score (nSPS) is 21.1. The van der Waals surface area contributed by atoms with E-state index in [1.807, 2.05) is 30.3 Å². The first-order chi connectivity index (χ1) is 9.20. The lowest BCUT2D eigenvalue weighted by atomic mass is 9.80. The summed E-state index contributed by atoms with van der Waals surface area (Å²) in [5.74, 6) is -0.520. The van der Waals surface area contributed by atoms with Gasteiger partial charge in [-0.25, -0.2) is 4.79 Å². The summed E-state index contributed by atoms with van der Waals surface area (Å²) in [6.07, 6.45) is 1.03. The largest absolute Gasteiger partial charge is 0.469 e. The second kappa shape index (κ2) is 6.22. The molecular weight excluding hydrogens is 246 g/mol. The molecule has 5 heteroatoms. The Morgan fingerprint density at radius 1 is 1.26 bits per heavy atom. The highest BCUT2D eigenvalue weighted by Crippen LogP contribution is 2.28. The van der Waals surface area contributed by atoms with Crippen LogP contribution < -0.4 is 5.32 Å². The fraction of sp³-hybridized carbons (Fsp3) is 0.429. The van der Waals surface area contributed by atoms with Gasteiger partial charge in [0.05, 0.1) is 13.0 Å². The minimum absolute atomic E-state index is 0.171. The molecule has 1 fully saturated rings. The van der Waals surface area contributed by atoms with E-state index >= 15 is 0 Å². The number of carbonyl (C=O) groups is 2. The van der Waals surface area contributed by atoms with Crippen LogP contribution in [-0.4, -0.2) is 25.2 Å². The summed E-state index contributed by atoms with van der Waals surface area (Å²) < 4.78 is 9.76. The van der Waals surface area contributed by atoms with Crippen molar-refractivity contribution in [1.82, 2.24) is 5.32 Å². The van der Waals surface area contributed by atoms with Crippen LogP contribution in [0.15, 0.2) is 30.3 Å². The van der Waals surface area contributed by atoms with Crippen LogP contribution in [0, 0.1) is 5.92 Å². The summed E-state index contributed by atoms with van der Waals surface area (Å²) in [7, 11) is 1.35. The Labute approximate surface area is 111 Å². The number of methoxy groups -OCH3 is 1. The number of benzene rings is 1. The highest BCUT2D eigenvalue weighted by Gasteiger charge is 2.38. The van der Waals surface area contributed by atoms with E-state index in [-0.39, 0.29) is 24.5 Å². The lowest BCUT2D eigenvalue weighted by Gasteiger charge is -2.34. The predicted octanol–water partition coefficient (Wildman–Crippen LogP) is 1.86. The highest BCUT2D eigenvalue weighted by atomic mass is 16.5. The molecule has 0 heterocycles. The zero-order valence-electron chi connectivity index (χ0n) is 10.8. The van der Waals surface area contributed by atoms with Gasteiger partial charge in [0, 0.05) is 6.04 Å². The van der Waals surface area contributed by atoms with Crippen molar-refractivity contribution in [3.8, 4) is 0 Å². The molecule has 1 aromatic rings. The summed E-state index contributed by atoms with van der Waals surface area (Å²) in [5.41, 5.74) is 0.927. The highest BCUT2D eigenvalue weighted by molar-refractivity contribution is 5.76. The maximum Gasteiger partial charge on any atom is 0.407 e. The molecule has 1 aliphatic carbocycles. The van der Waals surface area contributed by atoms with E-state index < -0.39 is 6.09 Å². The fourth-order valence-corrected chi connectivity index (χ4v) is 2.02. The molecule has 1 N–H and O–H groups in total.